The minimum Gasteiger partial charge on any atom is -0.472 e. The number of rotatable bonds is 3. The smallest absolute Gasteiger partial charge is 0.0967 e. The van der Waals surface area contributed by atoms with Gasteiger partial charge in [0.25, 0.3) is 0 Å². The molecule has 4 heteroatoms. The minimum absolute atomic E-state index is 0.527. The largest absolute Gasteiger partial charge is 0.472 e. The standard InChI is InChI=1S/C13H11NO2S/c15-11(9-5-6-16-8-9)7-13-14-10-3-1-2-4-12(10)17-13/h1-6,8,11,15H,7H2. The number of aliphatic hydroxyl groups excluding tert-OH is 1. The van der Waals surface area contributed by atoms with E-state index in [0.717, 1.165) is 20.8 Å². The Hall–Kier alpha value is -1.65. The molecule has 86 valence electrons. The predicted octanol–water partition coefficient (Wildman–Crippen LogP) is 3.17. The van der Waals surface area contributed by atoms with Gasteiger partial charge in [-0.3, -0.25) is 0 Å². The van der Waals surface area contributed by atoms with Crippen molar-refractivity contribution >= 4 is 21.6 Å². The molecule has 1 aromatic carbocycles. The van der Waals surface area contributed by atoms with Gasteiger partial charge in [-0.15, -0.1) is 11.3 Å². The number of hydrogen-bond donors (Lipinski definition) is 1. The van der Waals surface area contributed by atoms with Crippen molar-refractivity contribution in [3.8, 4) is 0 Å². The Labute approximate surface area is 102 Å². The molecular weight excluding hydrogens is 234 g/mol. The van der Waals surface area contributed by atoms with Crippen LogP contribution in [0.3, 0.4) is 0 Å². The Morgan fingerprint density at radius 2 is 2.18 bits per heavy atom. The Morgan fingerprint density at radius 1 is 1.29 bits per heavy atom. The number of para-hydroxylation sites is 1. The summed E-state index contributed by atoms with van der Waals surface area (Å²) in [6, 6.07) is 9.77. The maximum absolute atomic E-state index is 9.99. The fourth-order valence-corrected chi connectivity index (χ4v) is 2.76. The highest BCUT2D eigenvalue weighted by Crippen LogP contribution is 2.26. The fraction of sp³-hybridized carbons (Fsp3) is 0.154. The highest BCUT2D eigenvalue weighted by Gasteiger charge is 2.12. The molecule has 0 saturated heterocycles. The van der Waals surface area contributed by atoms with Gasteiger partial charge in [-0.25, -0.2) is 4.98 Å². The lowest BCUT2D eigenvalue weighted by Crippen LogP contribution is -1.99. The third-order valence-corrected chi connectivity index (χ3v) is 3.69. The monoisotopic (exact) mass is 245 g/mol. The lowest BCUT2D eigenvalue weighted by molar-refractivity contribution is 0.177. The summed E-state index contributed by atoms with van der Waals surface area (Å²) in [7, 11) is 0. The van der Waals surface area contributed by atoms with Gasteiger partial charge in [0.15, 0.2) is 0 Å². The molecule has 0 amide bonds. The molecule has 1 atom stereocenters. The number of nitrogens with zero attached hydrogens (tertiary/aromatic N) is 1. The number of furan rings is 1. The molecule has 2 heterocycles. The molecule has 1 N–H and O–H groups in total. The van der Waals surface area contributed by atoms with Crippen molar-refractivity contribution in [2.24, 2.45) is 0 Å². The summed E-state index contributed by atoms with van der Waals surface area (Å²) < 4.78 is 6.11. The number of benzene rings is 1. The van der Waals surface area contributed by atoms with Crippen LogP contribution >= 0.6 is 11.3 Å². The molecule has 0 saturated carbocycles. The van der Waals surface area contributed by atoms with E-state index < -0.39 is 6.10 Å². The van der Waals surface area contributed by atoms with Crippen molar-refractivity contribution in [3.63, 3.8) is 0 Å². The van der Waals surface area contributed by atoms with Crippen molar-refractivity contribution < 1.29 is 9.52 Å². The van der Waals surface area contributed by atoms with Gasteiger partial charge in [0.2, 0.25) is 0 Å². The van der Waals surface area contributed by atoms with Gasteiger partial charge in [-0.2, -0.15) is 0 Å². The molecule has 0 aliphatic heterocycles. The SMILES string of the molecule is OC(Cc1nc2ccccc2s1)c1ccoc1. The van der Waals surface area contributed by atoms with Gasteiger partial charge in [0, 0.05) is 12.0 Å². The molecule has 0 radical (unpaired) electrons. The molecule has 0 aliphatic carbocycles. The first kappa shape index (κ1) is 10.5. The van der Waals surface area contributed by atoms with Gasteiger partial charge in [0.05, 0.1) is 33.9 Å². The molecule has 3 rings (SSSR count). The number of fused-ring (bicyclic) bond motifs is 1. The van der Waals surface area contributed by atoms with E-state index in [4.69, 9.17) is 4.42 Å². The van der Waals surface area contributed by atoms with Gasteiger partial charge in [-0.05, 0) is 18.2 Å². The van der Waals surface area contributed by atoms with Crippen LogP contribution in [0.4, 0.5) is 0 Å². The third-order valence-electron chi connectivity index (χ3n) is 2.63. The average molecular weight is 245 g/mol. The lowest BCUT2D eigenvalue weighted by atomic mass is 10.1. The van der Waals surface area contributed by atoms with Crippen LogP contribution in [-0.4, -0.2) is 10.1 Å². The van der Waals surface area contributed by atoms with E-state index in [1.807, 2.05) is 24.3 Å². The second-order valence-corrected chi connectivity index (χ2v) is 4.97. The maximum atomic E-state index is 9.99. The molecule has 0 aliphatic rings. The summed E-state index contributed by atoms with van der Waals surface area (Å²) in [4.78, 5) is 4.49. The van der Waals surface area contributed by atoms with Crippen molar-refractivity contribution in [2.45, 2.75) is 12.5 Å². The molecule has 3 nitrogen and oxygen atoms in total. The van der Waals surface area contributed by atoms with Gasteiger partial charge < -0.3 is 9.52 Å². The van der Waals surface area contributed by atoms with E-state index in [2.05, 4.69) is 4.98 Å². The number of aromatic nitrogens is 1. The highest BCUT2D eigenvalue weighted by atomic mass is 32.1. The van der Waals surface area contributed by atoms with Gasteiger partial charge in [0.1, 0.15) is 0 Å². The summed E-state index contributed by atoms with van der Waals surface area (Å²) in [5.74, 6) is 0. The number of aliphatic hydroxyl groups is 1. The second kappa shape index (κ2) is 4.31. The summed E-state index contributed by atoms with van der Waals surface area (Å²) >= 11 is 1.62. The topological polar surface area (TPSA) is 46.3 Å². The van der Waals surface area contributed by atoms with E-state index in [0.29, 0.717) is 6.42 Å². The zero-order chi connectivity index (χ0) is 11.7. The van der Waals surface area contributed by atoms with Crippen LogP contribution < -0.4 is 0 Å². The second-order valence-electron chi connectivity index (χ2n) is 3.85. The Bertz CT molecular complexity index is 582. The summed E-state index contributed by atoms with van der Waals surface area (Å²) in [6.07, 6.45) is 3.11. The molecular formula is C13H11NO2S. The zero-order valence-electron chi connectivity index (χ0n) is 9.04. The van der Waals surface area contributed by atoms with E-state index in [1.54, 1.807) is 29.9 Å². The minimum atomic E-state index is -0.547. The van der Waals surface area contributed by atoms with Crippen molar-refractivity contribution in [1.82, 2.24) is 4.98 Å². The van der Waals surface area contributed by atoms with Crippen LogP contribution in [0.1, 0.15) is 16.7 Å². The van der Waals surface area contributed by atoms with E-state index in [1.165, 1.54) is 0 Å². The van der Waals surface area contributed by atoms with Gasteiger partial charge in [-0.1, -0.05) is 12.1 Å². The third kappa shape index (κ3) is 2.09. The van der Waals surface area contributed by atoms with Gasteiger partial charge >= 0.3 is 0 Å². The van der Waals surface area contributed by atoms with Crippen LogP contribution in [0.5, 0.6) is 0 Å². The Balaban J connectivity index is 1.85. The van der Waals surface area contributed by atoms with Crippen molar-refractivity contribution in [1.29, 1.82) is 0 Å². The van der Waals surface area contributed by atoms with Crippen LogP contribution in [0.25, 0.3) is 10.2 Å². The molecule has 1 unspecified atom stereocenters. The fourth-order valence-electron chi connectivity index (χ4n) is 1.76. The Kier molecular flexibility index (Phi) is 2.66. The zero-order valence-corrected chi connectivity index (χ0v) is 9.85. The predicted molar refractivity (Wildman–Crippen MR) is 67.0 cm³/mol. The molecule has 2 aromatic heterocycles. The van der Waals surface area contributed by atoms with Crippen LogP contribution in [-0.2, 0) is 6.42 Å². The van der Waals surface area contributed by atoms with Crippen molar-refractivity contribution in [2.75, 3.05) is 0 Å². The normalized spacial score (nSPS) is 13.0. The molecule has 3 aromatic rings. The summed E-state index contributed by atoms with van der Waals surface area (Å²) in [6.45, 7) is 0. The first-order chi connectivity index (χ1) is 8.33. The molecule has 0 fully saturated rings. The average Bonchev–Trinajstić information content (AvgIpc) is 2.97. The number of hydrogen-bond acceptors (Lipinski definition) is 4. The molecule has 17 heavy (non-hydrogen) atoms. The van der Waals surface area contributed by atoms with Crippen LogP contribution in [0.2, 0.25) is 0 Å². The first-order valence-electron chi connectivity index (χ1n) is 5.37. The highest BCUT2D eigenvalue weighted by molar-refractivity contribution is 7.18. The van der Waals surface area contributed by atoms with Crippen LogP contribution in [0.15, 0.2) is 47.3 Å². The van der Waals surface area contributed by atoms with Crippen LogP contribution in [0, 0.1) is 0 Å². The first-order valence-corrected chi connectivity index (χ1v) is 6.19. The van der Waals surface area contributed by atoms with E-state index >= 15 is 0 Å². The maximum Gasteiger partial charge on any atom is 0.0967 e. The molecule has 0 spiro atoms. The summed E-state index contributed by atoms with van der Waals surface area (Å²) in [5, 5.41) is 10.9. The molecule has 0 bridgehead atoms. The quantitative estimate of drug-likeness (QED) is 0.771. The van der Waals surface area contributed by atoms with E-state index in [-0.39, 0.29) is 0 Å². The summed E-state index contributed by atoms with van der Waals surface area (Å²) in [5.41, 5.74) is 1.79. The van der Waals surface area contributed by atoms with E-state index in [9.17, 15) is 5.11 Å². The van der Waals surface area contributed by atoms with Crippen molar-refractivity contribution in [3.05, 3.63) is 53.4 Å². The Morgan fingerprint density at radius 3 is 2.94 bits per heavy atom. The lowest BCUT2D eigenvalue weighted by Gasteiger charge is -2.04. The number of thiazole rings is 1.